The smallest absolute Gasteiger partial charge is 0.146 e. The molecule has 0 unspecified atom stereocenters. The van der Waals surface area contributed by atoms with E-state index in [9.17, 15) is 10.2 Å². The highest BCUT2D eigenvalue weighted by molar-refractivity contribution is 6.38. The molecule has 8 heteroatoms. The molecule has 4 rings (SSSR count). The lowest BCUT2D eigenvalue weighted by molar-refractivity contribution is 0.125. The molecule has 2 heterocycles. The molecule has 0 spiro atoms. The van der Waals surface area contributed by atoms with Crippen LogP contribution in [-0.4, -0.2) is 42.1 Å². The zero-order chi connectivity index (χ0) is 20.6. The lowest BCUT2D eigenvalue weighted by Gasteiger charge is -2.31. The fraction of sp³-hybridized carbons (Fsp3) is 0.333. The van der Waals surface area contributed by atoms with Gasteiger partial charge >= 0.3 is 0 Å². The normalized spacial score (nSPS) is 13.9. The largest absolute Gasteiger partial charge is 0.486 e. The molecule has 0 aliphatic carbocycles. The summed E-state index contributed by atoms with van der Waals surface area (Å²) in [5.74, 6) is 1.39. The van der Waals surface area contributed by atoms with Gasteiger partial charge in [0.05, 0.1) is 23.8 Å². The molecule has 0 amide bonds. The number of nitrogens with two attached hydrogens (primary N) is 1. The summed E-state index contributed by atoms with van der Waals surface area (Å²) in [4.78, 5) is 2.08. The van der Waals surface area contributed by atoms with E-state index in [4.69, 9.17) is 38.1 Å². The Morgan fingerprint density at radius 2 is 1.93 bits per heavy atom. The summed E-state index contributed by atoms with van der Waals surface area (Å²) in [5, 5.41) is 20.8. The minimum atomic E-state index is -1.03. The maximum absolute atomic E-state index is 9.44. The van der Waals surface area contributed by atoms with Crippen molar-refractivity contribution in [2.24, 2.45) is 5.73 Å². The molecule has 154 valence electrons. The number of nitrogens with zero attached hydrogens (tertiary/aromatic N) is 1. The number of benzene rings is 2. The van der Waals surface area contributed by atoms with Gasteiger partial charge in [0.25, 0.3) is 0 Å². The van der Waals surface area contributed by atoms with Crippen LogP contribution in [0.1, 0.15) is 11.3 Å². The van der Waals surface area contributed by atoms with Crippen LogP contribution in [0.3, 0.4) is 0 Å². The first kappa shape index (κ1) is 20.3. The molecule has 0 bridgehead atoms. The third-order valence-corrected chi connectivity index (χ3v) is 5.69. The molecule has 0 fully saturated rings. The lowest BCUT2D eigenvalue weighted by Crippen LogP contribution is -2.55. The number of hydrogen-bond donors (Lipinski definition) is 3. The summed E-state index contributed by atoms with van der Waals surface area (Å²) in [7, 11) is 0. The van der Waals surface area contributed by atoms with E-state index in [0.29, 0.717) is 27.9 Å². The predicted molar refractivity (Wildman–Crippen MR) is 114 cm³/mol. The summed E-state index contributed by atoms with van der Waals surface area (Å²) >= 11 is 12.2. The van der Waals surface area contributed by atoms with Gasteiger partial charge in [-0.25, -0.2) is 0 Å². The summed E-state index contributed by atoms with van der Waals surface area (Å²) in [6, 6.07) is 11.1. The Morgan fingerprint density at radius 1 is 1.14 bits per heavy atom. The van der Waals surface area contributed by atoms with E-state index in [2.05, 4.69) is 4.90 Å². The molecular weight excluding hydrogens is 415 g/mol. The minimum absolute atomic E-state index is 0.270. The molecule has 4 N–H and O–H groups in total. The molecule has 0 saturated carbocycles. The third-order valence-electron chi connectivity index (χ3n) is 5.16. The predicted octanol–water partition coefficient (Wildman–Crippen LogP) is 3.36. The van der Waals surface area contributed by atoms with Gasteiger partial charge in [0.2, 0.25) is 0 Å². The van der Waals surface area contributed by atoms with Crippen LogP contribution in [0.25, 0.3) is 11.0 Å². The van der Waals surface area contributed by atoms with E-state index in [0.717, 1.165) is 35.4 Å². The molecule has 3 aromatic rings. The quantitative estimate of drug-likeness (QED) is 0.525. The van der Waals surface area contributed by atoms with Gasteiger partial charge in [0.1, 0.15) is 23.7 Å². The van der Waals surface area contributed by atoms with Gasteiger partial charge in [-0.1, -0.05) is 23.2 Å². The van der Waals surface area contributed by atoms with Gasteiger partial charge in [0, 0.05) is 35.3 Å². The monoisotopic (exact) mass is 436 g/mol. The topological polar surface area (TPSA) is 92.1 Å². The maximum atomic E-state index is 9.44. The Kier molecular flexibility index (Phi) is 5.64. The number of hydrogen-bond acceptors (Lipinski definition) is 6. The average molecular weight is 437 g/mol. The number of furan rings is 1. The van der Waals surface area contributed by atoms with Crippen molar-refractivity contribution in [2.45, 2.75) is 18.6 Å². The number of halogens is 2. The second-order valence-electron chi connectivity index (χ2n) is 7.44. The Bertz CT molecular complexity index is 1030. The second-order valence-corrected chi connectivity index (χ2v) is 8.29. The van der Waals surface area contributed by atoms with Crippen LogP contribution in [0, 0.1) is 0 Å². The second kappa shape index (κ2) is 8.05. The van der Waals surface area contributed by atoms with E-state index in [1.807, 2.05) is 24.3 Å². The fourth-order valence-corrected chi connectivity index (χ4v) is 4.10. The van der Waals surface area contributed by atoms with Crippen molar-refractivity contribution < 1.29 is 19.4 Å². The lowest BCUT2D eigenvalue weighted by atomic mass is 10.0. The summed E-state index contributed by atoms with van der Waals surface area (Å²) in [6.45, 7) is 0.884. The molecule has 0 radical (unpaired) electrons. The Morgan fingerprint density at radius 3 is 2.69 bits per heavy atom. The summed E-state index contributed by atoms with van der Waals surface area (Å²) in [5.41, 5.74) is 7.82. The van der Waals surface area contributed by atoms with E-state index in [-0.39, 0.29) is 19.8 Å². The van der Waals surface area contributed by atoms with Gasteiger partial charge in [-0.15, -0.1) is 0 Å². The molecular formula is C21H22Cl2N2O4. The van der Waals surface area contributed by atoms with E-state index >= 15 is 0 Å². The first-order valence-corrected chi connectivity index (χ1v) is 10.0. The molecule has 1 aromatic heterocycles. The van der Waals surface area contributed by atoms with Crippen molar-refractivity contribution >= 4 is 39.9 Å². The third kappa shape index (κ3) is 4.17. The van der Waals surface area contributed by atoms with Crippen LogP contribution in [0.2, 0.25) is 10.0 Å². The Labute approximate surface area is 178 Å². The van der Waals surface area contributed by atoms with Crippen LogP contribution in [-0.2, 0) is 13.0 Å². The van der Waals surface area contributed by atoms with Gasteiger partial charge in [-0.3, -0.25) is 0 Å². The van der Waals surface area contributed by atoms with Crippen LogP contribution in [0.15, 0.2) is 40.8 Å². The highest BCUT2D eigenvalue weighted by Crippen LogP contribution is 2.33. The first-order valence-electron chi connectivity index (χ1n) is 9.29. The number of ether oxygens (including phenoxy) is 1. The first-order chi connectivity index (χ1) is 13.9. The van der Waals surface area contributed by atoms with Gasteiger partial charge in [-0.2, -0.15) is 0 Å². The number of aliphatic hydroxyl groups excluding tert-OH is 2. The van der Waals surface area contributed by atoms with Crippen molar-refractivity contribution in [3.8, 4) is 5.75 Å². The van der Waals surface area contributed by atoms with Crippen LogP contribution < -0.4 is 15.4 Å². The van der Waals surface area contributed by atoms with Crippen molar-refractivity contribution in [1.82, 2.24) is 0 Å². The van der Waals surface area contributed by atoms with E-state index < -0.39 is 5.54 Å². The maximum Gasteiger partial charge on any atom is 0.146 e. The van der Waals surface area contributed by atoms with Crippen molar-refractivity contribution in [1.29, 1.82) is 0 Å². The van der Waals surface area contributed by atoms with Crippen LogP contribution in [0.4, 0.5) is 5.69 Å². The average Bonchev–Trinajstić information content (AvgIpc) is 3.30. The van der Waals surface area contributed by atoms with Gasteiger partial charge in [0.15, 0.2) is 0 Å². The molecule has 1 aliphatic heterocycles. The standard InChI is InChI=1S/C21H22Cl2N2O4/c22-14-6-18(23)17-8-16(29-20(17)7-14)9-28-15-1-2-19-13(5-15)3-4-25(19)10-21(24,11-26)12-27/h1-2,5-8,26-27H,3-4,9-12,24H2. The molecule has 0 saturated heterocycles. The Hall–Kier alpha value is -1.96. The number of aliphatic hydroxyl groups is 2. The summed E-state index contributed by atoms with van der Waals surface area (Å²) < 4.78 is 11.7. The van der Waals surface area contributed by atoms with E-state index in [1.54, 1.807) is 12.1 Å². The van der Waals surface area contributed by atoms with Gasteiger partial charge < -0.3 is 30.0 Å². The van der Waals surface area contributed by atoms with Crippen molar-refractivity contribution in [3.05, 3.63) is 57.8 Å². The molecule has 1 aliphatic rings. The van der Waals surface area contributed by atoms with Crippen molar-refractivity contribution in [2.75, 3.05) is 31.2 Å². The SMILES string of the molecule is NC(CO)(CO)CN1CCc2cc(OCc3cc4c(Cl)cc(Cl)cc4o3)ccc21. The number of fused-ring (bicyclic) bond motifs is 2. The molecule has 0 atom stereocenters. The van der Waals surface area contributed by atoms with Gasteiger partial charge in [-0.05, 0) is 42.3 Å². The van der Waals surface area contributed by atoms with E-state index in [1.165, 1.54) is 0 Å². The van der Waals surface area contributed by atoms with Crippen LogP contribution in [0.5, 0.6) is 5.75 Å². The van der Waals surface area contributed by atoms with Crippen LogP contribution >= 0.6 is 23.2 Å². The number of anilines is 1. The zero-order valence-electron chi connectivity index (χ0n) is 15.7. The highest BCUT2D eigenvalue weighted by atomic mass is 35.5. The van der Waals surface area contributed by atoms with Crippen molar-refractivity contribution in [3.63, 3.8) is 0 Å². The molecule has 2 aromatic carbocycles. The zero-order valence-corrected chi connectivity index (χ0v) is 17.2. The number of rotatable bonds is 7. The molecule has 29 heavy (non-hydrogen) atoms. The highest BCUT2D eigenvalue weighted by Gasteiger charge is 2.30. The summed E-state index contributed by atoms with van der Waals surface area (Å²) in [6.07, 6.45) is 0.845. The minimum Gasteiger partial charge on any atom is -0.486 e. The fourth-order valence-electron chi connectivity index (χ4n) is 3.57. The Balaban J connectivity index is 1.46. The molecule has 6 nitrogen and oxygen atoms in total.